The molecule has 1 aliphatic rings. The van der Waals surface area contributed by atoms with Crippen molar-refractivity contribution >= 4 is 6.03 Å². The average molecular weight is 306 g/mol. The Hall–Kier alpha value is -1.75. The minimum atomic E-state index is -0.134. The highest BCUT2D eigenvalue weighted by Crippen LogP contribution is 2.40. The van der Waals surface area contributed by atoms with Crippen LogP contribution in [0.15, 0.2) is 24.3 Å². The van der Waals surface area contributed by atoms with Gasteiger partial charge in [-0.1, -0.05) is 18.6 Å². The van der Waals surface area contributed by atoms with E-state index in [1.165, 1.54) is 6.42 Å². The van der Waals surface area contributed by atoms with Gasteiger partial charge in [0.1, 0.15) is 5.75 Å². The zero-order chi connectivity index (χ0) is 16.0. The van der Waals surface area contributed by atoms with Gasteiger partial charge in [0.2, 0.25) is 0 Å². The van der Waals surface area contributed by atoms with Gasteiger partial charge in [-0.25, -0.2) is 4.79 Å². The number of amides is 2. The fourth-order valence-corrected chi connectivity index (χ4v) is 2.85. The number of nitrogens with one attached hydrogen (secondary N) is 2. The van der Waals surface area contributed by atoms with E-state index in [0.717, 1.165) is 24.2 Å². The van der Waals surface area contributed by atoms with Gasteiger partial charge in [-0.15, -0.1) is 0 Å². The average Bonchev–Trinajstić information content (AvgIpc) is 2.49. The molecule has 0 saturated heterocycles. The summed E-state index contributed by atoms with van der Waals surface area (Å²) in [5.41, 5.74) is 1.18. The van der Waals surface area contributed by atoms with E-state index >= 15 is 0 Å². The quantitative estimate of drug-likeness (QED) is 0.814. The molecule has 1 aliphatic carbocycles. The molecule has 2 amide bonds. The minimum absolute atomic E-state index is 0.0503. The number of methoxy groups -OCH3 is 2. The van der Waals surface area contributed by atoms with Crippen molar-refractivity contribution in [2.75, 3.05) is 27.4 Å². The first-order valence-electron chi connectivity index (χ1n) is 7.76. The molecule has 0 aromatic heterocycles. The molecule has 0 aliphatic heterocycles. The van der Waals surface area contributed by atoms with Gasteiger partial charge in [0, 0.05) is 19.1 Å². The molecule has 5 heteroatoms. The van der Waals surface area contributed by atoms with Crippen LogP contribution in [0.1, 0.15) is 37.8 Å². The van der Waals surface area contributed by atoms with Gasteiger partial charge < -0.3 is 20.1 Å². The van der Waals surface area contributed by atoms with Crippen molar-refractivity contribution in [2.45, 2.75) is 32.2 Å². The van der Waals surface area contributed by atoms with E-state index in [1.54, 1.807) is 14.2 Å². The lowest BCUT2D eigenvalue weighted by molar-refractivity contribution is 0.0200. The van der Waals surface area contributed by atoms with Gasteiger partial charge in [-0.05, 0) is 37.5 Å². The Balaban J connectivity index is 1.80. The highest BCUT2D eigenvalue weighted by molar-refractivity contribution is 5.74. The van der Waals surface area contributed by atoms with E-state index in [-0.39, 0.29) is 17.5 Å². The van der Waals surface area contributed by atoms with E-state index in [0.29, 0.717) is 13.2 Å². The first kappa shape index (κ1) is 16.6. The molecule has 22 heavy (non-hydrogen) atoms. The summed E-state index contributed by atoms with van der Waals surface area (Å²) in [6.07, 6.45) is 3.46. The number of benzene rings is 1. The molecule has 1 saturated carbocycles. The van der Waals surface area contributed by atoms with Crippen molar-refractivity contribution in [2.24, 2.45) is 5.41 Å². The Morgan fingerprint density at radius 2 is 1.95 bits per heavy atom. The summed E-state index contributed by atoms with van der Waals surface area (Å²) >= 11 is 0. The van der Waals surface area contributed by atoms with Crippen LogP contribution in [0.2, 0.25) is 0 Å². The first-order chi connectivity index (χ1) is 10.6. The van der Waals surface area contributed by atoms with Crippen LogP contribution in [0.4, 0.5) is 4.79 Å². The lowest BCUT2D eigenvalue weighted by Gasteiger charge is -2.41. The molecular formula is C17H26N2O3. The summed E-state index contributed by atoms with van der Waals surface area (Å²) in [6.45, 7) is 3.35. The molecule has 2 rings (SSSR count). The largest absolute Gasteiger partial charge is 0.497 e. The minimum Gasteiger partial charge on any atom is -0.497 e. The van der Waals surface area contributed by atoms with Gasteiger partial charge >= 0.3 is 6.03 Å². The number of rotatable bonds is 7. The van der Waals surface area contributed by atoms with Crippen LogP contribution in [0.25, 0.3) is 0 Å². The third-order valence-electron chi connectivity index (χ3n) is 4.45. The fourth-order valence-electron chi connectivity index (χ4n) is 2.85. The molecule has 0 bridgehead atoms. The second-order valence-electron chi connectivity index (χ2n) is 6.11. The second kappa shape index (κ2) is 7.49. The van der Waals surface area contributed by atoms with Gasteiger partial charge in [-0.3, -0.25) is 0 Å². The molecule has 1 fully saturated rings. The molecule has 0 radical (unpaired) electrons. The normalized spacial score (nSPS) is 17.2. The number of carbonyl (C=O) groups excluding carboxylic acids is 1. The van der Waals surface area contributed by atoms with Crippen molar-refractivity contribution in [3.05, 3.63) is 29.8 Å². The van der Waals surface area contributed by atoms with Crippen molar-refractivity contribution in [1.29, 1.82) is 0 Å². The first-order valence-corrected chi connectivity index (χ1v) is 7.76. The van der Waals surface area contributed by atoms with Crippen LogP contribution in [0.3, 0.4) is 0 Å². The maximum absolute atomic E-state index is 12.1. The number of urea groups is 1. The predicted molar refractivity (Wildman–Crippen MR) is 86.1 cm³/mol. The molecular weight excluding hydrogens is 280 g/mol. The molecule has 0 spiro atoms. The summed E-state index contributed by atoms with van der Waals surface area (Å²) in [4.78, 5) is 12.1. The van der Waals surface area contributed by atoms with Crippen molar-refractivity contribution in [3.8, 4) is 5.75 Å². The van der Waals surface area contributed by atoms with E-state index < -0.39 is 0 Å². The predicted octanol–water partition coefficient (Wildman–Crippen LogP) is 2.87. The van der Waals surface area contributed by atoms with Crippen LogP contribution in [-0.2, 0) is 4.74 Å². The lowest BCUT2D eigenvalue weighted by Crippen LogP contribution is -2.48. The monoisotopic (exact) mass is 306 g/mol. The lowest BCUT2D eigenvalue weighted by atomic mass is 9.69. The van der Waals surface area contributed by atoms with Gasteiger partial charge in [-0.2, -0.15) is 0 Å². The van der Waals surface area contributed by atoms with Gasteiger partial charge in [0.25, 0.3) is 0 Å². The SMILES string of the molecule is COCC1(CNC(=O)N[C@H](C)c2ccc(OC)cc2)CCC1. The Bertz CT molecular complexity index is 483. The summed E-state index contributed by atoms with van der Waals surface area (Å²) < 4.78 is 10.4. The standard InChI is InChI=1S/C17H26N2O3/c1-13(14-5-7-15(22-3)8-6-14)19-16(20)18-11-17(12-21-2)9-4-10-17/h5-8,13H,4,9-12H2,1-3H3,(H2,18,19,20)/t13-/m1/s1. The Morgan fingerprint density at radius 1 is 1.27 bits per heavy atom. The third-order valence-corrected chi connectivity index (χ3v) is 4.45. The second-order valence-corrected chi connectivity index (χ2v) is 6.11. The zero-order valence-electron chi connectivity index (χ0n) is 13.6. The molecule has 1 aromatic rings. The molecule has 2 N–H and O–H groups in total. The topological polar surface area (TPSA) is 59.6 Å². The van der Waals surface area contributed by atoms with Crippen LogP contribution in [-0.4, -0.2) is 33.4 Å². The van der Waals surface area contributed by atoms with E-state index in [9.17, 15) is 4.79 Å². The van der Waals surface area contributed by atoms with Crippen molar-refractivity contribution in [3.63, 3.8) is 0 Å². The summed E-state index contributed by atoms with van der Waals surface area (Å²) in [7, 11) is 3.35. The molecule has 5 nitrogen and oxygen atoms in total. The maximum Gasteiger partial charge on any atom is 0.315 e. The zero-order valence-corrected chi connectivity index (χ0v) is 13.6. The van der Waals surface area contributed by atoms with Crippen LogP contribution < -0.4 is 15.4 Å². The highest BCUT2D eigenvalue weighted by atomic mass is 16.5. The fraction of sp³-hybridized carbons (Fsp3) is 0.588. The number of carbonyl (C=O) groups is 1. The van der Waals surface area contributed by atoms with E-state index in [4.69, 9.17) is 9.47 Å². The Morgan fingerprint density at radius 3 is 2.45 bits per heavy atom. The number of hydrogen-bond donors (Lipinski definition) is 2. The third kappa shape index (κ3) is 4.13. The Labute approximate surface area is 132 Å². The molecule has 122 valence electrons. The van der Waals surface area contributed by atoms with Crippen LogP contribution in [0.5, 0.6) is 5.75 Å². The molecule has 0 unspecified atom stereocenters. The highest BCUT2D eigenvalue weighted by Gasteiger charge is 2.37. The maximum atomic E-state index is 12.1. The number of hydrogen-bond acceptors (Lipinski definition) is 3. The smallest absolute Gasteiger partial charge is 0.315 e. The molecule has 1 atom stereocenters. The van der Waals surface area contributed by atoms with Crippen LogP contribution in [0, 0.1) is 5.41 Å². The summed E-state index contributed by atoms with van der Waals surface area (Å²) in [5.74, 6) is 0.812. The van der Waals surface area contributed by atoms with Gasteiger partial charge in [0.15, 0.2) is 0 Å². The molecule has 1 aromatic carbocycles. The molecule has 0 heterocycles. The van der Waals surface area contributed by atoms with Crippen molar-refractivity contribution < 1.29 is 14.3 Å². The van der Waals surface area contributed by atoms with Crippen molar-refractivity contribution in [1.82, 2.24) is 10.6 Å². The van der Waals surface area contributed by atoms with Gasteiger partial charge in [0.05, 0.1) is 19.8 Å². The summed E-state index contributed by atoms with van der Waals surface area (Å²) in [5, 5.41) is 5.94. The Kier molecular flexibility index (Phi) is 5.66. The van der Waals surface area contributed by atoms with E-state index in [1.807, 2.05) is 31.2 Å². The summed E-state index contributed by atoms with van der Waals surface area (Å²) in [6, 6.07) is 7.53. The van der Waals surface area contributed by atoms with E-state index in [2.05, 4.69) is 10.6 Å². The number of ether oxygens (including phenoxy) is 2. The van der Waals surface area contributed by atoms with Crippen LogP contribution >= 0.6 is 0 Å².